The first-order valence-corrected chi connectivity index (χ1v) is 10.2. The first-order valence-electron chi connectivity index (χ1n) is 5.00. The third kappa shape index (κ3) is 3.68. The molecule has 0 bridgehead atoms. The Labute approximate surface area is 109 Å². The molecule has 15 heavy (non-hydrogen) atoms. The first kappa shape index (κ1) is 13.4. The van der Waals surface area contributed by atoms with E-state index in [0.717, 1.165) is 10.7 Å². The van der Waals surface area contributed by atoms with Crippen LogP contribution in [0, 0.1) is 5.82 Å². The molecular weight excluding hydrogens is 339 g/mol. The van der Waals surface area contributed by atoms with Crippen LogP contribution in [0.3, 0.4) is 0 Å². The summed E-state index contributed by atoms with van der Waals surface area (Å²) in [5, 5.41) is 3.41. The molecule has 0 aliphatic carbocycles. The van der Waals surface area contributed by atoms with E-state index in [2.05, 4.69) is 38.4 Å². The highest BCUT2D eigenvalue weighted by Crippen LogP contribution is 2.18. The number of benzene rings is 1. The number of hydrogen-bond acceptors (Lipinski definition) is 0. The van der Waals surface area contributed by atoms with Gasteiger partial charge in [0, 0.05) is 10.7 Å². The van der Waals surface area contributed by atoms with Crippen LogP contribution in [0.5, 0.6) is 0 Å². The highest BCUT2D eigenvalue weighted by molar-refractivity contribution is 9.09. The molecule has 0 N–H and O–H groups in total. The summed E-state index contributed by atoms with van der Waals surface area (Å²) in [6, 6.07) is 9.44. The fraction of sp³-hybridized carbons (Fsp3) is 0.455. The van der Waals surface area contributed by atoms with Gasteiger partial charge in [0.15, 0.2) is 0 Å². The van der Waals surface area contributed by atoms with E-state index in [1.165, 1.54) is 17.3 Å². The molecule has 84 valence electrons. The minimum atomic E-state index is -1.41. The highest BCUT2D eigenvalue weighted by atomic mass is 79.9. The van der Waals surface area contributed by atoms with Gasteiger partial charge in [-0.05, 0) is 24.2 Å². The third-order valence-corrected chi connectivity index (χ3v) is 9.52. The largest absolute Gasteiger partial charge is 0.207 e. The lowest BCUT2D eigenvalue weighted by atomic mass is 10.3. The van der Waals surface area contributed by atoms with Gasteiger partial charge in [0.1, 0.15) is 5.82 Å². The molecule has 1 rings (SSSR count). The van der Waals surface area contributed by atoms with Crippen LogP contribution < -0.4 is 5.19 Å². The maximum atomic E-state index is 12.8. The fourth-order valence-electron chi connectivity index (χ4n) is 1.68. The van der Waals surface area contributed by atoms with Crippen LogP contribution in [-0.4, -0.2) is 18.7 Å². The van der Waals surface area contributed by atoms with Crippen molar-refractivity contribution in [2.24, 2.45) is 0 Å². The molecule has 0 fully saturated rings. The summed E-state index contributed by atoms with van der Waals surface area (Å²) < 4.78 is 12.8. The van der Waals surface area contributed by atoms with Crippen molar-refractivity contribution < 1.29 is 4.39 Å². The van der Waals surface area contributed by atoms with Crippen LogP contribution in [0.2, 0.25) is 18.6 Å². The summed E-state index contributed by atoms with van der Waals surface area (Å²) in [5.41, 5.74) is 0. The zero-order valence-corrected chi connectivity index (χ0v) is 12.9. The van der Waals surface area contributed by atoms with Crippen molar-refractivity contribution in [3.63, 3.8) is 0 Å². The summed E-state index contributed by atoms with van der Waals surface area (Å²) in [7, 11) is -1.41. The Kier molecular flexibility index (Phi) is 5.50. The molecule has 0 atom stereocenters. The predicted molar refractivity (Wildman–Crippen MR) is 74.9 cm³/mol. The Morgan fingerprint density at radius 3 is 1.93 bits per heavy atom. The predicted octanol–water partition coefficient (Wildman–Crippen LogP) is 3.90. The molecule has 0 saturated heterocycles. The normalized spacial score (nSPS) is 11.7. The monoisotopic (exact) mass is 352 g/mol. The number of alkyl halides is 2. The lowest BCUT2D eigenvalue weighted by Crippen LogP contribution is -2.45. The average Bonchev–Trinajstić information content (AvgIpc) is 2.19. The summed E-state index contributed by atoms with van der Waals surface area (Å²) in [6.45, 7) is 2.36. The van der Waals surface area contributed by atoms with Gasteiger partial charge in [-0.2, -0.15) is 0 Å². The van der Waals surface area contributed by atoms with E-state index < -0.39 is 8.07 Å². The van der Waals surface area contributed by atoms with Crippen molar-refractivity contribution in [3.8, 4) is 0 Å². The van der Waals surface area contributed by atoms with Crippen LogP contribution in [0.4, 0.5) is 4.39 Å². The van der Waals surface area contributed by atoms with Gasteiger partial charge < -0.3 is 0 Å². The van der Waals surface area contributed by atoms with E-state index in [0.29, 0.717) is 0 Å². The zero-order valence-electron chi connectivity index (χ0n) is 8.77. The summed E-state index contributed by atoms with van der Waals surface area (Å²) in [4.78, 5) is 0. The topological polar surface area (TPSA) is 0 Å². The van der Waals surface area contributed by atoms with E-state index in [-0.39, 0.29) is 5.82 Å². The molecule has 0 saturated carbocycles. The lowest BCUT2D eigenvalue weighted by molar-refractivity contribution is 0.628. The van der Waals surface area contributed by atoms with Gasteiger partial charge >= 0.3 is 0 Å². The second kappa shape index (κ2) is 6.16. The maximum absolute atomic E-state index is 12.8. The smallest absolute Gasteiger partial charge is 0.123 e. The molecule has 1 aromatic carbocycles. The van der Waals surface area contributed by atoms with Crippen LogP contribution in [0.25, 0.3) is 0 Å². The van der Waals surface area contributed by atoms with Gasteiger partial charge in [-0.3, -0.25) is 0 Å². The van der Waals surface area contributed by atoms with E-state index in [1.54, 1.807) is 12.1 Å². The van der Waals surface area contributed by atoms with Gasteiger partial charge in [0.25, 0.3) is 0 Å². The van der Waals surface area contributed by atoms with Crippen molar-refractivity contribution in [1.82, 2.24) is 0 Å². The van der Waals surface area contributed by atoms with Gasteiger partial charge in [-0.25, -0.2) is 4.39 Å². The van der Waals surface area contributed by atoms with E-state index in [9.17, 15) is 4.39 Å². The Morgan fingerprint density at radius 1 is 1.07 bits per heavy atom. The second-order valence-electron chi connectivity index (χ2n) is 3.95. The van der Waals surface area contributed by atoms with Crippen molar-refractivity contribution in [2.45, 2.75) is 18.6 Å². The van der Waals surface area contributed by atoms with Crippen molar-refractivity contribution in [3.05, 3.63) is 30.1 Å². The van der Waals surface area contributed by atoms with Gasteiger partial charge in [-0.15, -0.1) is 0 Å². The molecule has 0 spiro atoms. The molecule has 0 aliphatic rings. The quantitative estimate of drug-likeness (QED) is 0.556. The van der Waals surface area contributed by atoms with Gasteiger partial charge in [-0.1, -0.05) is 55.7 Å². The average molecular weight is 354 g/mol. The molecule has 0 amide bonds. The second-order valence-corrected chi connectivity index (χ2v) is 10.2. The molecule has 1 aromatic rings. The number of halogens is 3. The summed E-state index contributed by atoms with van der Waals surface area (Å²) in [5.74, 6) is -0.146. The first-order chi connectivity index (χ1) is 7.12. The Hall–Kier alpha value is 0.327. The van der Waals surface area contributed by atoms with E-state index >= 15 is 0 Å². The Morgan fingerprint density at radius 2 is 1.53 bits per heavy atom. The lowest BCUT2D eigenvalue weighted by Gasteiger charge is -2.26. The van der Waals surface area contributed by atoms with Crippen LogP contribution in [0.15, 0.2) is 24.3 Å². The molecule has 0 nitrogen and oxygen atoms in total. The molecule has 4 heteroatoms. The molecule has 0 heterocycles. The summed E-state index contributed by atoms with van der Waals surface area (Å²) in [6.07, 6.45) is 0. The molecule has 0 radical (unpaired) electrons. The summed E-state index contributed by atoms with van der Waals surface area (Å²) >= 11 is 7.02. The van der Waals surface area contributed by atoms with Crippen molar-refractivity contribution >= 4 is 45.1 Å². The Bertz CT molecular complexity index is 294. The van der Waals surface area contributed by atoms with Crippen molar-refractivity contribution in [2.75, 3.05) is 10.7 Å². The number of hydrogen-bond donors (Lipinski definition) is 0. The van der Waals surface area contributed by atoms with Crippen LogP contribution in [-0.2, 0) is 0 Å². The van der Waals surface area contributed by atoms with Crippen LogP contribution in [0.1, 0.15) is 0 Å². The molecule has 0 unspecified atom stereocenters. The molecule has 0 aromatic heterocycles. The number of rotatable bonds is 5. The van der Waals surface area contributed by atoms with E-state index in [4.69, 9.17) is 0 Å². The minimum absolute atomic E-state index is 0.146. The third-order valence-electron chi connectivity index (χ3n) is 2.83. The van der Waals surface area contributed by atoms with Gasteiger partial charge in [0.05, 0.1) is 8.07 Å². The van der Waals surface area contributed by atoms with Gasteiger partial charge in [0.2, 0.25) is 0 Å². The van der Waals surface area contributed by atoms with Crippen molar-refractivity contribution in [1.29, 1.82) is 0 Å². The van der Waals surface area contributed by atoms with Crippen LogP contribution >= 0.6 is 31.9 Å². The zero-order chi connectivity index (χ0) is 11.3. The highest BCUT2D eigenvalue weighted by Gasteiger charge is 2.27. The van der Waals surface area contributed by atoms with E-state index in [1.807, 2.05) is 12.1 Å². The minimum Gasteiger partial charge on any atom is -0.207 e. The molecular formula is C11H15Br2FSi. The Balaban J connectivity index is 2.92. The maximum Gasteiger partial charge on any atom is 0.123 e. The molecule has 0 aliphatic heterocycles. The SMILES string of the molecule is C[Si](CCBr)(CCBr)c1ccc(F)cc1. The fourth-order valence-corrected chi connectivity index (χ4v) is 9.57. The standard InChI is InChI=1S/C11H15Br2FSi/c1-15(8-6-12,9-7-13)11-4-2-10(14)3-5-11/h2-5H,6-9H2,1H3.